The van der Waals surface area contributed by atoms with Crippen molar-refractivity contribution in [3.8, 4) is 16.9 Å². The van der Waals surface area contributed by atoms with Crippen molar-refractivity contribution in [1.29, 1.82) is 5.41 Å². The van der Waals surface area contributed by atoms with Crippen molar-refractivity contribution in [1.82, 2.24) is 0 Å². The Morgan fingerprint density at radius 1 is 1.11 bits per heavy atom. The van der Waals surface area contributed by atoms with Crippen molar-refractivity contribution >= 4 is 21.8 Å². The molecule has 92 valence electrons. The van der Waals surface area contributed by atoms with Crippen molar-refractivity contribution in [3.63, 3.8) is 0 Å². The van der Waals surface area contributed by atoms with E-state index in [2.05, 4.69) is 15.9 Å². The maximum Gasteiger partial charge on any atom is 0.133 e. The molecule has 0 saturated heterocycles. The molecular formula is C14H13BrN2O. The number of hydrogen-bond donors (Lipinski definition) is 2. The minimum Gasteiger partial charge on any atom is -0.496 e. The lowest BCUT2D eigenvalue weighted by atomic mass is 10.0. The molecule has 0 atom stereocenters. The molecule has 0 heterocycles. The van der Waals surface area contributed by atoms with E-state index in [0.717, 1.165) is 26.9 Å². The molecule has 0 aliphatic heterocycles. The fourth-order valence-electron chi connectivity index (χ4n) is 1.68. The van der Waals surface area contributed by atoms with Crippen LogP contribution in [0.5, 0.6) is 5.75 Å². The number of ether oxygens (including phenoxy) is 1. The van der Waals surface area contributed by atoms with Crippen LogP contribution in [0.3, 0.4) is 0 Å². The fourth-order valence-corrected chi connectivity index (χ4v) is 2.09. The molecule has 0 aliphatic rings. The molecule has 18 heavy (non-hydrogen) atoms. The summed E-state index contributed by atoms with van der Waals surface area (Å²) in [6, 6.07) is 13.5. The van der Waals surface area contributed by atoms with Crippen LogP contribution >= 0.6 is 15.9 Å². The Morgan fingerprint density at radius 3 is 2.28 bits per heavy atom. The Labute approximate surface area is 114 Å². The van der Waals surface area contributed by atoms with E-state index >= 15 is 0 Å². The number of methoxy groups -OCH3 is 1. The third-order valence-electron chi connectivity index (χ3n) is 2.68. The molecule has 4 heteroatoms. The summed E-state index contributed by atoms with van der Waals surface area (Å²) in [5.74, 6) is 0.873. The zero-order chi connectivity index (χ0) is 13.1. The summed E-state index contributed by atoms with van der Waals surface area (Å²) in [6.07, 6.45) is 0. The topological polar surface area (TPSA) is 59.1 Å². The number of hydrogen-bond acceptors (Lipinski definition) is 2. The van der Waals surface area contributed by atoms with Crippen LogP contribution in [0.2, 0.25) is 0 Å². The normalized spacial score (nSPS) is 10.1. The van der Waals surface area contributed by atoms with Crippen LogP contribution in [-0.4, -0.2) is 12.9 Å². The molecule has 0 radical (unpaired) electrons. The maximum absolute atomic E-state index is 7.35. The van der Waals surface area contributed by atoms with Crippen LogP contribution < -0.4 is 10.5 Å². The summed E-state index contributed by atoms with van der Waals surface area (Å²) in [7, 11) is 1.64. The Hall–Kier alpha value is -1.81. The predicted molar refractivity (Wildman–Crippen MR) is 77.1 cm³/mol. The summed E-state index contributed by atoms with van der Waals surface area (Å²) in [4.78, 5) is 0. The van der Waals surface area contributed by atoms with E-state index in [-0.39, 0.29) is 5.84 Å². The number of rotatable bonds is 3. The highest BCUT2D eigenvalue weighted by molar-refractivity contribution is 9.10. The fraction of sp³-hybridized carbons (Fsp3) is 0.0714. The molecule has 2 aromatic rings. The summed E-state index contributed by atoms with van der Waals surface area (Å²) in [5.41, 5.74) is 8.27. The van der Waals surface area contributed by atoms with Gasteiger partial charge in [0.2, 0.25) is 0 Å². The highest BCUT2D eigenvalue weighted by Gasteiger charge is 2.04. The highest BCUT2D eigenvalue weighted by atomic mass is 79.9. The van der Waals surface area contributed by atoms with Gasteiger partial charge in [-0.25, -0.2) is 0 Å². The zero-order valence-electron chi connectivity index (χ0n) is 9.91. The van der Waals surface area contributed by atoms with E-state index in [1.54, 1.807) is 7.11 Å². The molecule has 0 spiro atoms. The summed E-state index contributed by atoms with van der Waals surface area (Å²) < 4.78 is 6.19. The van der Waals surface area contributed by atoms with Gasteiger partial charge < -0.3 is 10.5 Å². The van der Waals surface area contributed by atoms with E-state index in [1.165, 1.54) is 0 Å². The van der Waals surface area contributed by atoms with E-state index in [1.807, 2.05) is 42.5 Å². The number of halogens is 1. The SMILES string of the molecule is COc1cc(-c2ccc(C(=N)N)cc2)ccc1Br. The quantitative estimate of drug-likeness (QED) is 0.674. The second-order valence-electron chi connectivity index (χ2n) is 3.84. The molecule has 0 aliphatic carbocycles. The van der Waals surface area contributed by atoms with Gasteiger partial charge in [0, 0.05) is 5.56 Å². The van der Waals surface area contributed by atoms with Gasteiger partial charge in [-0.1, -0.05) is 30.3 Å². The zero-order valence-corrected chi connectivity index (χ0v) is 11.5. The number of nitrogen functional groups attached to an aromatic ring is 1. The minimum atomic E-state index is 0.0786. The van der Waals surface area contributed by atoms with Crippen molar-refractivity contribution in [3.05, 3.63) is 52.5 Å². The van der Waals surface area contributed by atoms with Crippen LogP contribution in [0, 0.1) is 5.41 Å². The predicted octanol–water partition coefficient (Wildman–Crippen LogP) is 3.41. The summed E-state index contributed by atoms with van der Waals surface area (Å²) in [5, 5.41) is 7.35. The van der Waals surface area contributed by atoms with Gasteiger partial charge in [-0.3, -0.25) is 5.41 Å². The Balaban J connectivity index is 2.39. The molecular weight excluding hydrogens is 292 g/mol. The maximum atomic E-state index is 7.35. The second-order valence-corrected chi connectivity index (χ2v) is 4.69. The molecule has 3 N–H and O–H groups in total. The average molecular weight is 305 g/mol. The van der Waals surface area contributed by atoms with Gasteiger partial charge in [0.15, 0.2) is 0 Å². The first kappa shape index (κ1) is 12.6. The van der Waals surface area contributed by atoms with Gasteiger partial charge in [-0.15, -0.1) is 0 Å². The lowest BCUT2D eigenvalue weighted by Crippen LogP contribution is -2.10. The van der Waals surface area contributed by atoms with Gasteiger partial charge in [0.25, 0.3) is 0 Å². The van der Waals surface area contributed by atoms with E-state index in [0.29, 0.717) is 0 Å². The summed E-state index contributed by atoms with van der Waals surface area (Å²) >= 11 is 3.42. The van der Waals surface area contributed by atoms with Gasteiger partial charge in [0.05, 0.1) is 11.6 Å². The molecule has 3 nitrogen and oxygen atoms in total. The van der Waals surface area contributed by atoms with Crippen molar-refractivity contribution in [2.75, 3.05) is 7.11 Å². The smallest absolute Gasteiger partial charge is 0.133 e. The van der Waals surface area contributed by atoms with E-state index in [4.69, 9.17) is 15.9 Å². The third kappa shape index (κ3) is 2.54. The van der Waals surface area contributed by atoms with Gasteiger partial charge in [-0.2, -0.15) is 0 Å². The van der Waals surface area contributed by atoms with E-state index < -0.39 is 0 Å². The first-order valence-electron chi connectivity index (χ1n) is 5.40. The van der Waals surface area contributed by atoms with Crippen LogP contribution in [0.4, 0.5) is 0 Å². The number of nitrogens with two attached hydrogens (primary N) is 1. The molecule has 0 bridgehead atoms. The first-order chi connectivity index (χ1) is 8.61. The third-order valence-corrected chi connectivity index (χ3v) is 3.34. The second kappa shape index (κ2) is 5.23. The van der Waals surface area contributed by atoms with Gasteiger partial charge in [0.1, 0.15) is 11.6 Å². The van der Waals surface area contributed by atoms with Crippen molar-refractivity contribution in [2.24, 2.45) is 5.73 Å². The lowest BCUT2D eigenvalue weighted by molar-refractivity contribution is 0.412. The van der Waals surface area contributed by atoms with Gasteiger partial charge >= 0.3 is 0 Å². The van der Waals surface area contributed by atoms with Crippen LogP contribution in [0.1, 0.15) is 5.56 Å². The Morgan fingerprint density at radius 2 is 1.72 bits per heavy atom. The lowest BCUT2D eigenvalue weighted by Gasteiger charge is -2.07. The standard InChI is InChI=1S/C14H13BrN2O/c1-18-13-8-11(6-7-12(13)15)9-2-4-10(5-3-9)14(16)17/h2-8H,1H3,(H3,16,17). The Kier molecular flexibility index (Phi) is 3.67. The van der Waals surface area contributed by atoms with Crippen molar-refractivity contribution < 1.29 is 4.74 Å². The average Bonchev–Trinajstić information content (AvgIpc) is 2.39. The van der Waals surface area contributed by atoms with Crippen LogP contribution in [0.15, 0.2) is 46.9 Å². The monoisotopic (exact) mass is 304 g/mol. The molecule has 0 amide bonds. The van der Waals surface area contributed by atoms with Crippen LogP contribution in [0.25, 0.3) is 11.1 Å². The van der Waals surface area contributed by atoms with Crippen molar-refractivity contribution in [2.45, 2.75) is 0 Å². The Bertz CT molecular complexity index is 579. The largest absolute Gasteiger partial charge is 0.496 e. The molecule has 2 aromatic carbocycles. The van der Waals surface area contributed by atoms with E-state index in [9.17, 15) is 0 Å². The highest BCUT2D eigenvalue weighted by Crippen LogP contribution is 2.30. The number of nitrogens with one attached hydrogen (secondary N) is 1. The molecule has 2 rings (SSSR count). The molecule has 0 unspecified atom stereocenters. The first-order valence-corrected chi connectivity index (χ1v) is 6.19. The minimum absolute atomic E-state index is 0.0786. The number of benzene rings is 2. The van der Waals surface area contributed by atoms with Gasteiger partial charge in [-0.05, 0) is 39.2 Å². The molecule has 0 fully saturated rings. The van der Waals surface area contributed by atoms with Crippen LogP contribution in [-0.2, 0) is 0 Å². The molecule has 0 saturated carbocycles. The molecule has 0 aromatic heterocycles. The summed E-state index contributed by atoms with van der Waals surface area (Å²) in [6.45, 7) is 0. The number of amidine groups is 1.